The van der Waals surface area contributed by atoms with Gasteiger partial charge >= 0.3 is 0 Å². The molecule has 0 aromatic heterocycles. The van der Waals surface area contributed by atoms with Gasteiger partial charge in [-0.05, 0) is 37.2 Å². The van der Waals surface area contributed by atoms with Gasteiger partial charge in [-0.3, -0.25) is 0 Å². The number of azo groups is 1. The summed E-state index contributed by atoms with van der Waals surface area (Å²) in [5.74, 6) is 1.55. The highest BCUT2D eigenvalue weighted by Gasteiger charge is 2.13. The summed E-state index contributed by atoms with van der Waals surface area (Å²) in [5.41, 5.74) is 1.22. The molecule has 0 N–H and O–H groups in total. The smallest absolute Gasteiger partial charge is 0.0916 e. The van der Waals surface area contributed by atoms with Crippen LogP contribution in [-0.2, 0) is 0 Å². The quantitative estimate of drug-likeness (QED) is 0.507. The number of hydrogen-bond acceptors (Lipinski definition) is 2. The molecule has 1 rings (SSSR count). The van der Waals surface area contributed by atoms with Crippen molar-refractivity contribution in [1.82, 2.24) is 0 Å². The lowest BCUT2D eigenvalue weighted by molar-refractivity contribution is 0.526. The van der Waals surface area contributed by atoms with Crippen LogP contribution in [-0.4, -0.2) is 6.04 Å². The van der Waals surface area contributed by atoms with Gasteiger partial charge in [0.2, 0.25) is 0 Å². The van der Waals surface area contributed by atoms with Crippen molar-refractivity contribution in [1.29, 1.82) is 0 Å². The van der Waals surface area contributed by atoms with Crippen LogP contribution in [0.2, 0.25) is 0 Å². The molecule has 1 heterocycles. The molecule has 1 aliphatic heterocycles. The highest BCUT2D eigenvalue weighted by molar-refractivity contribution is 5.09. The second kappa shape index (κ2) is 7.62. The van der Waals surface area contributed by atoms with E-state index in [0.717, 1.165) is 18.8 Å². The molecular formula is C15H28N2. The van der Waals surface area contributed by atoms with E-state index >= 15 is 0 Å². The van der Waals surface area contributed by atoms with Gasteiger partial charge in [-0.25, -0.2) is 0 Å². The summed E-state index contributed by atoms with van der Waals surface area (Å²) < 4.78 is 0. The summed E-state index contributed by atoms with van der Waals surface area (Å²) in [6.45, 7) is 9.08. The first-order chi connectivity index (χ1) is 8.08. The molecule has 0 bridgehead atoms. The van der Waals surface area contributed by atoms with Crippen LogP contribution in [0.5, 0.6) is 0 Å². The third kappa shape index (κ3) is 6.60. The maximum atomic E-state index is 4.32. The first-order valence-corrected chi connectivity index (χ1v) is 7.19. The van der Waals surface area contributed by atoms with Crippen molar-refractivity contribution in [2.45, 2.75) is 72.3 Å². The molecule has 2 heteroatoms. The molecule has 0 aromatic rings. The van der Waals surface area contributed by atoms with Crippen molar-refractivity contribution in [2.24, 2.45) is 22.1 Å². The molecule has 0 radical (unpaired) electrons. The van der Waals surface area contributed by atoms with E-state index in [0.29, 0.717) is 12.0 Å². The van der Waals surface area contributed by atoms with Gasteiger partial charge in [-0.2, -0.15) is 10.2 Å². The Labute approximate surface area is 107 Å². The van der Waals surface area contributed by atoms with Crippen LogP contribution >= 0.6 is 0 Å². The number of nitrogens with zero attached hydrogens (tertiary/aromatic N) is 2. The average Bonchev–Trinajstić information content (AvgIpc) is 2.63. The van der Waals surface area contributed by atoms with Gasteiger partial charge in [-0.15, -0.1) is 0 Å². The van der Waals surface area contributed by atoms with E-state index in [1.165, 1.54) is 31.4 Å². The fourth-order valence-electron chi connectivity index (χ4n) is 2.20. The molecule has 0 saturated heterocycles. The van der Waals surface area contributed by atoms with Crippen molar-refractivity contribution < 1.29 is 0 Å². The largest absolute Gasteiger partial charge is 0.181 e. The molecule has 17 heavy (non-hydrogen) atoms. The first-order valence-electron chi connectivity index (χ1n) is 7.19. The fraction of sp³-hybridized carbons (Fsp3) is 0.867. The van der Waals surface area contributed by atoms with Gasteiger partial charge in [0.15, 0.2) is 0 Å². The zero-order chi connectivity index (χ0) is 12.7. The van der Waals surface area contributed by atoms with Crippen LogP contribution in [0.3, 0.4) is 0 Å². The third-order valence-electron chi connectivity index (χ3n) is 3.15. The second-order valence-electron chi connectivity index (χ2n) is 6.06. The van der Waals surface area contributed by atoms with Crippen molar-refractivity contribution in [3.63, 3.8) is 0 Å². The zero-order valence-electron chi connectivity index (χ0n) is 11.9. The van der Waals surface area contributed by atoms with Gasteiger partial charge in [0.1, 0.15) is 0 Å². The van der Waals surface area contributed by atoms with Crippen molar-refractivity contribution in [3.05, 3.63) is 11.8 Å². The van der Waals surface area contributed by atoms with Crippen molar-refractivity contribution >= 4 is 0 Å². The first kappa shape index (κ1) is 14.4. The predicted molar refractivity (Wildman–Crippen MR) is 74.1 cm³/mol. The molecule has 0 spiro atoms. The summed E-state index contributed by atoms with van der Waals surface area (Å²) in [6, 6.07) is 0.362. The fourth-order valence-corrected chi connectivity index (χ4v) is 2.20. The molecule has 98 valence electrons. The Balaban J connectivity index is 2.10. The number of rotatable bonds is 8. The van der Waals surface area contributed by atoms with E-state index in [4.69, 9.17) is 0 Å². The van der Waals surface area contributed by atoms with Crippen molar-refractivity contribution in [3.8, 4) is 0 Å². The van der Waals surface area contributed by atoms with Crippen LogP contribution in [0.25, 0.3) is 0 Å². The van der Waals surface area contributed by atoms with E-state index in [2.05, 4.69) is 44.0 Å². The summed E-state index contributed by atoms with van der Waals surface area (Å²) in [5, 5.41) is 8.61. The van der Waals surface area contributed by atoms with E-state index in [9.17, 15) is 0 Å². The second-order valence-corrected chi connectivity index (χ2v) is 6.06. The lowest BCUT2D eigenvalue weighted by Crippen LogP contribution is -2.01. The molecule has 1 atom stereocenters. The SMILES string of the molecule is CC(C)CCCCCC1=CC(CC(C)C)N=N1. The van der Waals surface area contributed by atoms with Crippen molar-refractivity contribution in [2.75, 3.05) is 0 Å². The molecule has 0 aliphatic carbocycles. The van der Waals surface area contributed by atoms with Gasteiger partial charge < -0.3 is 0 Å². The normalized spacial score (nSPS) is 19.4. The van der Waals surface area contributed by atoms with E-state index in [1.807, 2.05) is 0 Å². The minimum absolute atomic E-state index is 0.362. The summed E-state index contributed by atoms with van der Waals surface area (Å²) in [6.07, 6.45) is 9.85. The van der Waals surface area contributed by atoms with Crippen LogP contribution in [0.1, 0.15) is 66.2 Å². The van der Waals surface area contributed by atoms with E-state index < -0.39 is 0 Å². The summed E-state index contributed by atoms with van der Waals surface area (Å²) >= 11 is 0. The molecule has 2 nitrogen and oxygen atoms in total. The molecule has 0 saturated carbocycles. The molecular weight excluding hydrogens is 208 g/mol. The lowest BCUT2D eigenvalue weighted by Gasteiger charge is -2.05. The maximum absolute atomic E-state index is 4.32. The van der Waals surface area contributed by atoms with Crippen LogP contribution < -0.4 is 0 Å². The Hall–Kier alpha value is -0.660. The van der Waals surface area contributed by atoms with Gasteiger partial charge in [-0.1, -0.05) is 47.0 Å². The summed E-state index contributed by atoms with van der Waals surface area (Å²) in [4.78, 5) is 0. The highest BCUT2D eigenvalue weighted by Crippen LogP contribution is 2.23. The molecule has 0 aromatic carbocycles. The molecule has 0 fully saturated rings. The Morgan fingerprint density at radius 3 is 2.47 bits per heavy atom. The van der Waals surface area contributed by atoms with E-state index in [-0.39, 0.29) is 0 Å². The average molecular weight is 236 g/mol. The van der Waals surface area contributed by atoms with Gasteiger partial charge in [0.25, 0.3) is 0 Å². The van der Waals surface area contributed by atoms with Crippen LogP contribution in [0.4, 0.5) is 0 Å². The Morgan fingerprint density at radius 2 is 1.82 bits per heavy atom. The van der Waals surface area contributed by atoms with E-state index in [1.54, 1.807) is 0 Å². The third-order valence-corrected chi connectivity index (χ3v) is 3.15. The number of allylic oxidation sites excluding steroid dienone is 1. The lowest BCUT2D eigenvalue weighted by atomic mass is 10.0. The van der Waals surface area contributed by atoms with Gasteiger partial charge in [0.05, 0.1) is 11.7 Å². The minimum atomic E-state index is 0.362. The van der Waals surface area contributed by atoms with Crippen LogP contribution in [0, 0.1) is 11.8 Å². The standard InChI is InChI=1S/C15H28N2/c1-12(2)8-6-5-7-9-14-11-15(17-16-14)10-13(3)4/h11-13,15H,5-10H2,1-4H3. The molecule has 0 amide bonds. The van der Waals surface area contributed by atoms with Crippen LogP contribution in [0.15, 0.2) is 22.0 Å². The highest BCUT2D eigenvalue weighted by atomic mass is 15.2. The maximum Gasteiger partial charge on any atom is 0.0916 e. The minimum Gasteiger partial charge on any atom is -0.181 e. The zero-order valence-corrected chi connectivity index (χ0v) is 11.9. The topological polar surface area (TPSA) is 24.7 Å². The monoisotopic (exact) mass is 236 g/mol. The van der Waals surface area contributed by atoms with Gasteiger partial charge in [0, 0.05) is 0 Å². The summed E-state index contributed by atoms with van der Waals surface area (Å²) in [7, 11) is 0. The Bertz CT molecular complexity index is 264. The molecule has 1 aliphatic rings. The Morgan fingerprint density at radius 1 is 1.06 bits per heavy atom. The number of unbranched alkanes of at least 4 members (excludes halogenated alkanes) is 2. The molecule has 1 unspecified atom stereocenters. The predicted octanol–water partition coefficient (Wildman–Crippen LogP) is 5.36. The Kier molecular flexibility index (Phi) is 6.46. The number of hydrogen-bond donors (Lipinski definition) is 0.